The van der Waals surface area contributed by atoms with Crippen LogP contribution in [0.25, 0.3) is 22.0 Å². The van der Waals surface area contributed by atoms with E-state index in [4.69, 9.17) is 0 Å². The van der Waals surface area contributed by atoms with E-state index in [1.54, 1.807) is 17.3 Å². The molecule has 2 bridgehead atoms. The third-order valence-corrected chi connectivity index (χ3v) is 10.3. The van der Waals surface area contributed by atoms with E-state index in [0.29, 0.717) is 46.5 Å². The molecule has 6 rings (SSSR count). The minimum Gasteiger partial charge on any atom is -0.355 e. The maximum absolute atomic E-state index is 14.3. The summed E-state index contributed by atoms with van der Waals surface area (Å²) in [7, 11) is 0. The number of hydrogen-bond acceptors (Lipinski definition) is 8. The van der Waals surface area contributed by atoms with Crippen LogP contribution in [-0.4, -0.2) is 71.8 Å². The largest absolute Gasteiger partial charge is 0.355 e. The van der Waals surface area contributed by atoms with Crippen LogP contribution >= 0.6 is 15.9 Å². The molecule has 256 valence electrons. The molecule has 13 heteroatoms. The van der Waals surface area contributed by atoms with Gasteiger partial charge in [-0.25, -0.2) is 15.0 Å². The van der Waals surface area contributed by atoms with E-state index in [0.717, 1.165) is 36.0 Å². The van der Waals surface area contributed by atoms with Crippen molar-refractivity contribution >= 4 is 56.2 Å². The monoisotopic (exact) mass is 728 g/mol. The number of carbonyl (C=O) groups excluding carboxylic acids is 4. The van der Waals surface area contributed by atoms with Crippen LogP contribution in [0.15, 0.2) is 47.3 Å². The highest BCUT2D eigenvalue weighted by Crippen LogP contribution is 2.34. The molecule has 5 heterocycles. The molecule has 4 aromatic rings. The van der Waals surface area contributed by atoms with Gasteiger partial charge in [-0.2, -0.15) is 5.10 Å². The molecule has 1 aromatic carbocycles. The lowest BCUT2D eigenvalue weighted by atomic mass is 9.85. The summed E-state index contributed by atoms with van der Waals surface area (Å²) in [6.07, 6.45) is 6.90. The first-order valence-electron chi connectivity index (χ1n) is 16.7. The Morgan fingerprint density at radius 3 is 2.55 bits per heavy atom. The number of halogens is 1. The normalized spacial score (nSPS) is 21.3. The molecule has 2 N–H and O–H groups in total. The van der Waals surface area contributed by atoms with Crippen molar-refractivity contribution in [1.82, 2.24) is 34.9 Å². The topological polar surface area (TPSA) is 152 Å². The van der Waals surface area contributed by atoms with Crippen LogP contribution in [0, 0.1) is 18.3 Å². The van der Waals surface area contributed by atoms with Gasteiger partial charge in [-0.15, -0.1) is 0 Å². The fraction of sp³-hybridized carbons (Fsp3) is 0.444. The van der Waals surface area contributed by atoms with Crippen LogP contribution in [0.1, 0.15) is 75.3 Å². The maximum Gasteiger partial charge on any atom is 0.248 e. The van der Waals surface area contributed by atoms with Gasteiger partial charge < -0.3 is 15.5 Å². The average molecular weight is 730 g/mol. The number of rotatable bonds is 4. The molecule has 0 radical (unpaired) electrons. The lowest BCUT2D eigenvalue weighted by Crippen LogP contribution is -2.48. The number of benzene rings is 1. The molecule has 12 nitrogen and oxygen atoms in total. The number of aryl methyl sites for hydroxylation is 2. The number of hydrogen-bond donors (Lipinski definition) is 2. The Morgan fingerprint density at radius 1 is 1.06 bits per heavy atom. The Morgan fingerprint density at radius 2 is 1.82 bits per heavy atom. The third kappa shape index (κ3) is 7.12. The van der Waals surface area contributed by atoms with Gasteiger partial charge in [0.1, 0.15) is 34.5 Å². The van der Waals surface area contributed by atoms with Crippen LogP contribution < -0.4 is 10.6 Å². The highest BCUT2D eigenvalue weighted by Gasteiger charge is 2.45. The molecule has 2 aliphatic heterocycles. The van der Waals surface area contributed by atoms with E-state index < -0.39 is 11.5 Å². The lowest BCUT2D eigenvalue weighted by molar-refractivity contribution is -0.139. The van der Waals surface area contributed by atoms with Crippen LogP contribution in [0.4, 0.5) is 5.82 Å². The minimum atomic E-state index is -0.807. The number of fused-ring (bicyclic) bond motifs is 4. The number of likely N-dealkylation sites (tertiary alicyclic amines) is 1. The van der Waals surface area contributed by atoms with Gasteiger partial charge in [0, 0.05) is 48.3 Å². The molecule has 1 saturated heterocycles. The van der Waals surface area contributed by atoms with Crippen molar-refractivity contribution in [3.8, 4) is 11.1 Å². The van der Waals surface area contributed by atoms with Gasteiger partial charge in [0.2, 0.25) is 17.7 Å². The van der Waals surface area contributed by atoms with Crippen molar-refractivity contribution in [2.75, 3.05) is 11.9 Å². The molecule has 49 heavy (non-hydrogen) atoms. The summed E-state index contributed by atoms with van der Waals surface area (Å²) in [4.78, 5) is 69.1. The molecule has 3 aromatic heterocycles. The molecule has 0 aliphatic carbocycles. The van der Waals surface area contributed by atoms with Crippen molar-refractivity contribution in [3.63, 3.8) is 0 Å². The van der Waals surface area contributed by atoms with E-state index >= 15 is 0 Å². The molecule has 0 spiro atoms. The van der Waals surface area contributed by atoms with Gasteiger partial charge in [0.05, 0.1) is 5.52 Å². The summed E-state index contributed by atoms with van der Waals surface area (Å²) in [5.74, 6) is 0.0228. The predicted molar refractivity (Wildman–Crippen MR) is 189 cm³/mol. The second-order valence-electron chi connectivity index (χ2n) is 13.8. The summed E-state index contributed by atoms with van der Waals surface area (Å²) >= 11 is 3.43. The predicted octanol–water partition coefficient (Wildman–Crippen LogP) is 5.27. The molecule has 3 atom stereocenters. The quantitative estimate of drug-likeness (QED) is 0.213. The van der Waals surface area contributed by atoms with Gasteiger partial charge in [-0.1, -0.05) is 32.4 Å². The van der Waals surface area contributed by atoms with Gasteiger partial charge in [0.15, 0.2) is 5.78 Å². The number of nitrogens with one attached hydrogen (secondary N) is 2. The first-order valence-corrected chi connectivity index (χ1v) is 17.5. The van der Waals surface area contributed by atoms with Crippen molar-refractivity contribution < 1.29 is 19.2 Å². The highest BCUT2D eigenvalue weighted by atomic mass is 79.9. The van der Waals surface area contributed by atoms with E-state index in [1.807, 2.05) is 58.0 Å². The molecule has 0 saturated carbocycles. The van der Waals surface area contributed by atoms with E-state index in [9.17, 15) is 19.2 Å². The zero-order valence-corrected chi connectivity index (χ0v) is 30.0. The molecule has 1 fully saturated rings. The fourth-order valence-corrected chi connectivity index (χ4v) is 7.23. The first kappa shape index (κ1) is 34.3. The highest BCUT2D eigenvalue weighted by molar-refractivity contribution is 9.10. The van der Waals surface area contributed by atoms with Crippen LogP contribution in [-0.2, 0) is 27.3 Å². The number of amides is 3. The van der Waals surface area contributed by atoms with Gasteiger partial charge >= 0.3 is 0 Å². The van der Waals surface area contributed by atoms with Crippen molar-refractivity contribution in [2.45, 2.75) is 85.4 Å². The molecule has 3 amide bonds. The van der Waals surface area contributed by atoms with Crippen molar-refractivity contribution in [2.24, 2.45) is 11.3 Å². The Labute approximate surface area is 293 Å². The number of anilines is 1. The van der Waals surface area contributed by atoms with Gasteiger partial charge in [-0.05, 0) is 90.7 Å². The summed E-state index contributed by atoms with van der Waals surface area (Å²) in [5, 5.41) is 11.3. The summed E-state index contributed by atoms with van der Waals surface area (Å²) in [6, 6.07) is 8.20. The average Bonchev–Trinajstić information content (AvgIpc) is 3.59. The Balaban J connectivity index is 1.33. The summed E-state index contributed by atoms with van der Waals surface area (Å²) in [5.41, 5.74) is 2.81. The van der Waals surface area contributed by atoms with Crippen LogP contribution in [0.5, 0.6) is 0 Å². The van der Waals surface area contributed by atoms with Gasteiger partial charge in [0.25, 0.3) is 0 Å². The smallest absolute Gasteiger partial charge is 0.248 e. The Hall–Kier alpha value is -4.52. The minimum absolute atomic E-state index is 0.0392. The number of aromatic nitrogens is 5. The summed E-state index contributed by atoms with van der Waals surface area (Å²) in [6.45, 7) is 9.23. The molecular formula is C36H41BrN8O4. The first-order chi connectivity index (χ1) is 23.3. The van der Waals surface area contributed by atoms with Crippen molar-refractivity contribution in [3.05, 3.63) is 64.4 Å². The number of Topliss-reactive ketones (excluding diaryl/α,β-unsaturated/α-hetero) is 1. The number of nitrogens with zero attached hydrogens (tertiary/aromatic N) is 6. The fourth-order valence-electron chi connectivity index (χ4n) is 6.92. The van der Waals surface area contributed by atoms with Crippen molar-refractivity contribution in [1.29, 1.82) is 0 Å². The van der Waals surface area contributed by atoms with E-state index in [2.05, 4.69) is 46.6 Å². The standard InChI is InChI=1S/C36H41BrN8O4/c1-20-25-15-29(34(48)42-33-23(10-12-30(37)41-33)8-6-7-13-36(4,5)35(49)40-16-25)45(20)31(47)19-44-28-11-9-24(26-17-38-22(3)39-18-26)14-27(28)32(43-44)21(2)46/h9-12,14,17-18,20,25,29H,6-8,13,15-16,19H2,1-5H3,(H,40,49)(H,41,42,48)/t20-,25-,29+/m1/s1. The van der Waals surface area contributed by atoms with Crippen LogP contribution in [0.2, 0.25) is 0 Å². The summed E-state index contributed by atoms with van der Waals surface area (Å²) < 4.78 is 2.12. The zero-order chi connectivity index (χ0) is 35.0. The second-order valence-corrected chi connectivity index (χ2v) is 14.6. The molecular weight excluding hydrogens is 688 g/mol. The SMILES string of the molecule is CC(=O)c1nn(CC(=O)N2[C@H](C)[C@H]3CNC(=O)C(C)(C)CCCCc4ccc(Br)nc4NC(=O)[C@@H]2C3)c2ccc(-c3cnc(C)nc3)cc12. The lowest BCUT2D eigenvalue weighted by Gasteiger charge is -2.30. The Bertz CT molecular complexity index is 1940. The molecule has 0 unspecified atom stereocenters. The second kappa shape index (κ2) is 13.8. The van der Waals surface area contributed by atoms with E-state index in [1.165, 1.54) is 11.6 Å². The van der Waals surface area contributed by atoms with E-state index in [-0.39, 0.29) is 47.7 Å². The third-order valence-electron chi connectivity index (χ3n) is 9.88. The van der Waals surface area contributed by atoms with Gasteiger partial charge in [-0.3, -0.25) is 23.9 Å². The number of ketones is 1. The Kier molecular flexibility index (Phi) is 9.65. The number of pyridine rings is 1. The molecule has 2 aliphatic rings. The van der Waals surface area contributed by atoms with Crippen LogP contribution in [0.3, 0.4) is 0 Å². The maximum atomic E-state index is 14.3. The zero-order valence-electron chi connectivity index (χ0n) is 28.4. The number of carbonyl (C=O) groups is 4.